The van der Waals surface area contributed by atoms with Gasteiger partial charge in [0, 0.05) is 16.6 Å². The number of rotatable bonds is 4. The van der Waals surface area contributed by atoms with Crippen LogP contribution < -0.4 is 11.1 Å². The maximum absolute atomic E-state index is 5.79. The molecule has 0 aliphatic rings. The van der Waals surface area contributed by atoms with Gasteiger partial charge >= 0.3 is 0 Å². The quantitative estimate of drug-likeness (QED) is 0.510. The Morgan fingerprint density at radius 3 is 2.72 bits per heavy atom. The van der Waals surface area contributed by atoms with Gasteiger partial charge in [-0.2, -0.15) is 0 Å². The van der Waals surface area contributed by atoms with Gasteiger partial charge in [0.2, 0.25) is 0 Å². The molecule has 0 saturated heterocycles. The predicted octanol–water partition coefficient (Wildman–Crippen LogP) is 3.08. The SMILES string of the molecule is CC(C)(C)NC(N)=NCCCc1cccc(Br)c1. The van der Waals surface area contributed by atoms with Crippen LogP contribution in [0.15, 0.2) is 33.7 Å². The van der Waals surface area contributed by atoms with Gasteiger partial charge in [0.05, 0.1) is 0 Å². The Balaban J connectivity index is 2.32. The zero-order chi connectivity index (χ0) is 13.6. The largest absolute Gasteiger partial charge is 0.370 e. The number of guanidine groups is 1. The molecular weight excluding hydrogens is 290 g/mol. The Kier molecular flexibility index (Phi) is 5.66. The minimum absolute atomic E-state index is 0.0299. The smallest absolute Gasteiger partial charge is 0.188 e. The normalized spacial score (nSPS) is 12.6. The number of hydrogen-bond acceptors (Lipinski definition) is 1. The summed E-state index contributed by atoms with van der Waals surface area (Å²) in [6, 6.07) is 8.36. The van der Waals surface area contributed by atoms with Gasteiger partial charge in [-0.15, -0.1) is 0 Å². The highest BCUT2D eigenvalue weighted by molar-refractivity contribution is 9.10. The second-order valence-electron chi connectivity index (χ2n) is 5.38. The molecule has 0 saturated carbocycles. The third-order valence-corrected chi connectivity index (χ3v) is 2.79. The lowest BCUT2D eigenvalue weighted by Gasteiger charge is -2.20. The second-order valence-corrected chi connectivity index (χ2v) is 6.29. The molecule has 0 radical (unpaired) electrons. The molecule has 100 valence electrons. The van der Waals surface area contributed by atoms with Gasteiger partial charge in [-0.25, -0.2) is 0 Å². The van der Waals surface area contributed by atoms with Crippen molar-refractivity contribution in [1.29, 1.82) is 0 Å². The van der Waals surface area contributed by atoms with Crippen LogP contribution in [0, 0.1) is 0 Å². The molecule has 0 spiro atoms. The van der Waals surface area contributed by atoms with Gasteiger partial charge in [-0.1, -0.05) is 28.1 Å². The summed E-state index contributed by atoms with van der Waals surface area (Å²) in [5.41, 5.74) is 7.09. The monoisotopic (exact) mass is 311 g/mol. The van der Waals surface area contributed by atoms with Crippen molar-refractivity contribution in [3.63, 3.8) is 0 Å². The summed E-state index contributed by atoms with van der Waals surface area (Å²) < 4.78 is 1.12. The van der Waals surface area contributed by atoms with E-state index in [4.69, 9.17) is 5.73 Å². The van der Waals surface area contributed by atoms with Crippen molar-refractivity contribution in [3.05, 3.63) is 34.3 Å². The average Bonchev–Trinajstić information content (AvgIpc) is 2.22. The van der Waals surface area contributed by atoms with Gasteiger partial charge in [-0.3, -0.25) is 4.99 Å². The molecule has 0 aliphatic carbocycles. The van der Waals surface area contributed by atoms with E-state index >= 15 is 0 Å². The van der Waals surface area contributed by atoms with Crippen molar-refractivity contribution >= 4 is 21.9 Å². The molecule has 18 heavy (non-hydrogen) atoms. The highest BCUT2D eigenvalue weighted by Crippen LogP contribution is 2.12. The van der Waals surface area contributed by atoms with Crippen molar-refractivity contribution in [2.75, 3.05) is 6.54 Å². The first-order valence-electron chi connectivity index (χ1n) is 6.19. The minimum Gasteiger partial charge on any atom is -0.370 e. The summed E-state index contributed by atoms with van der Waals surface area (Å²) in [6.45, 7) is 6.95. The Hall–Kier alpha value is -1.03. The van der Waals surface area contributed by atoms with E-state index in [1.54, 1.807) is 0 Å². The van der Waals surface area contributed by atoms with E-state index in [0.717, 1.165) is 23.9 Å². The molecule has 3 N–H and O–H groups in total. The number of benzene rings is 1. The molecule has 1 rings (SSSR count). The maximum atomic E-state index is 5.79. The lowest BCUT2D eigenvalue weighted by Crippen LogP contribution is -2.45. The number of nitrogens with two attached hydrogens (primary N) is 1. The number of nitrogens with zero attached hydrogens (tertiary/aromatic N) is 1. The van der Waals surface area contributed by atoms with Crippen LogP contribution in [0.2, 0.25) is 0 Å². The van der Waals surface area contributed by atoms with Crippen molar-refractivity contribution in [3.8, 4) is 0 Å². The zero-order valence-electron chi connectivity index (χ0n) is 11.3. The third-order valence-electron chi connectivity index (χ3n) is 2.30. The number of halogens is 1. The Bertz CT molecular complexity index is 408. The first-order valence-corrected chi connectivity index (χ1v) is 6.99. The molecule has 4 heteroatoms. The van der Waals surface area contributed by atoms with Crippen LogP contribution in [-0.2, 0) is 6.42 Å². The molecule has 1 aromatic carbocycles. The van der Waals surface area contributed by atoms with Gasteiger partial charge in [0.1, 0.15) is 0 Å². The number of aryl methyl sites for hydroxylation is 1. The van der Waals surface area contributed by atoms with Crippen LogP contribution in [0.5, 0.6) is 0 Å². The molecule has 0 atom stereocenters. The van der Waals surface area contributed by atoms with Crippen LogP contribution in [0.1, 0.15) is 32.8 Å². The average molecular weight is 312 g/mol. The highest BCUT2D eigenvalue weighted by Gasteiger charge is 2.09. The van der Waals surface area contributed by atoms with Crippen LogP contribution in [0.3, 0.4) is 0 Å². The van der Waals surface area contributed by atoms with Gasteiger partial charge in [0.15, 0.2) is 5.96 Å². The van der Waals surface area contributed by atoms with E-state index in [9.17, 15) is 0 Å². The van der Waals surface area contributed by atoms with Gasteiger partial charge < -0.3 is 11.1 Å². The van der Waals surface area contributed by atoms with Crippen molar-refractivity contribution in [2.24, 2.45) is 10.7 Å². The number of nitrogens with one attached hydrogen (secondary N) is 1. The first-order chi connectivity index (χ1) is 8.37. The predicted molar refractivity (Wildman–Crippen MR) is 81.8 cm³/mol. The molecule has 3 nitrogen and oxygen atoms in total. The lowest BCUT2D eigenvalue weighted by atomic mass is 10.1. The summed E-state index contributed by atoms with van der Waals surface area (Å²) in [4.78, 5) is 4.32. The molecule has 0 unspecified atom stereocenters. The van der Waals surface area contributed by atoms with Crippen LogP contribution in [0.4, 0.5) is 0 Å². The minimum atomic E-state index is -0.0299. The summed E-state index contributed by atoms with van der Waals surface area (Å²) >= 11 is 3.47. The molecule has 0 bridgehead atoms. The van der Waals surface area contributed by atoms with Crippen LogP contribution in [-0.4, -0.2) is 18.0 Å². The van der Waals surface area contributed by atoms with Crippen LogP contribution in [0.25, 0.3) is 0 Å². The lowest BCUT2D eigenvalue weighted by molar-refractivity contribution is 0.508. The topological polar surface area (TPSA) is 50.4 Å². The summed E-state index contributed by atoms with van der Waals surface area (Å²) in [5, 5.41) is 3.15. The Labute approximate surface area is 118 Å². The second kappa shape index (κ2) is 6.78. The third kappa shape index (κ3) is 6.64. The zero-order valence-corrected chi connectivity index (χ0v) is 12.9. The maximum Gasteiger partial charge on any atom is 0.188 e. The van der Waals surface area contributed by atoms with Crippen LogP contribution >= 0.6 is 15.9 Å². The van der Waals surface area contributed by atoms with Crippen molar-refractivity contribution in [1.82, 2.24) is 5.32 Å². The highest BCUT2D eigenvalue weighted by atomic mass is 79.9. The molecule has 0 amide bonds. The van der Waals surface area contributed by atoms with Gasteiger partial charge in [-0.05, 0) is 51.3 Å². The van der Waals surface area contributed by atoms with E-state index in [-0.39, 0.29) is 5.54 Å². The summed E-state index contributed by atoms with van der Waals surface area (Å²) in [5.74, 6) is 0.525. The molecule has 1 aromatic rings. The summed E-state index contributed by atoms with van der Waals surface area (Å²) in [6.07, 6.45) is 2.02. The fraction of sp³-hybridized carbons (Fsp3) is 0.500. The van der Waals surface area contributed by atoms with E-state index < -0.39 is 0 Å². The standard InChI is InChI=1S/C14H22BrN3/c1-14(2,3)18-13(16)17-9-5-7-11-6-4-8-12(15)10-11/h4,6,8,10H,5,7,9H2,1-3H3,(H3,16,17,18). The molecule has 0 aromatic heterocycles. The number of hydrogen-bond donors (Lipinski definition) is 2. The number of aliphatic imine (C=N–C) groups is 1. The summed E-state index contributed by atoms with van der Waals surface area (Å²) in [7, 11) is 0. The molecule has 0 heterocycles. The van der Waals surface area contributed by atoms with Gasteiger partial charge in [0.25, 0.3) is 0 Å². The van der Waals surface area contributed by atoms with E-state index in [1.807, 2.05) is 6.07 Å². The Morgan fingerprint density at radius 1 is 1.39 bits per heavy atom. The fourth-order valence-corrected chi connectivity index (χ4v) is 2.05. The molecule has 0 aliphatic heterocycles. The first kappa shape index (κ1) is 15.0. The van der Waals surface area contributed by atoms with E-state index in [1.165, 1.54) is 5.56 Å². The Morgan fingerprint density at radius 2 is 2.11 bits per heavy atom. The molecule has 0 fully saturated rings. The van der Waals surface area contributed by atoms with E-state index in [0.29, 0.717) is 5.96 Å². The van der Waals surface area contributed by atoms with Crippen molar-refractivity contribution in [2.45, 2.75) is 39.2 Å². The fourth-order valence-electron chi connectivity index (χ4n) is 1.60. The van der Waals surface area contributed by atoms with E-state index in [2.05, 4.69) is 65.2 Å². The molecular formula is C14H22BrN3. The van der Waals surface area contributed by atoms with Crippen molar-refractivity contribution < 1.29 is 0 Å².